The predicted octanol–water partition coefficient (Wildman–Crippen LogP) is 16.8. The third-order valence-electron chi connectivity index (χ3n) is 12.4. The van der Waals surface area contributed by atoms with Crippen LogP contribution in [0.5, 0.6) is 0 Å². The number of para-hydroxylation sites is 5. The van der Waals surface area contributed by atoms with E-state index in [1.165, 1.54) is 38.5 Å². The van der Waals surface area contributed by atoms with Gasteiger partial charge in [-0.25, -0.2) is 0 Å². The van der Waals surface area contributed by atoms with Gasteiger partial charge in [0.1, 0.15) is 11.2 Å². The standard InChI is InChI=1S/C60H40N2O/c1-2-15-41(16-3-1)45-18-13-20-49(40-45)61(47-35-31-42(32-36-47)44-17-12-19-46(39-44)51-25-14-26-55-54-24-7-11-30-59(54)63-60(51)55)48-37-33-43(34-38-48)50-21-4-8-27-56(50)62-57-28-9-5-22-52(57)53-23-6-10-29-58(53)62/h1-40H. The zero-order valence-corrected chi connectivity index (χ0v) is 34.4. The summed E-state index contributed by atoms with van der Waals surface area (Å²) in [4.78, 5) is 2.36. The van der Waals surface area contributed by atoms with E-state index in [-0.39, 0.29) is 0 Å². The topological polar surface area (TPSA) is 21.3 Å². The molecular formula is C60H40N2O. The Morgan fingerprint density at radius 3 is 1.56 bits per heavy atom. The quantitative estimate of drug-likeness (QED) is 0.153. The van der Waals surface area contributed by atoms with Crippen LogP contribution in [0.1, 0.15) is 0 Å². The summed E-state index contributed by atoms with van der Waals surface area (Å²) < 4.78 is 8.83. The Kier molecular flexibility index (Phi) is 8.83. The van der Waals surface area contributed by atoms with Crippen molar-refractivity contribution in [2.75, 3.05) is 4.90 Å². The number of hydrogen-bond donors (Lipinski definition) is 0. The molecule has 2 aromatic heterocycles. The summed E-state index contributed by atoms with van der Waals surface area (Å²) in [6.07, 6.45) is 0. The lowest BCUT2D eigenvalue weighted by molar-refractivity contribution is 0.670. The fourth-order valence-corrected chi connectivity index (χ4v) is 9.43. The average molecular weight is 805 g/mol. The minimum Gasteiger partial charge on any atom is -0.455 e. The van der Waals surface area contributed by atoms with Crippen LogP contribution in [0.25, 0.3) is 93.9 Å². The summed E-state index contributed by atoms with van der Waals surface area (Å²) >= 11 is 0. The fraction of sp³-hybridized carbons (Fsp3) is 0. The number of furan rings is 1. The van der Waals surface area contributed by atoms with Crippen molar-refractivity contribution in [3.8, 4) is 50.2 Å². The van der Waals surface area contributed by atoms with E-state index in [4.69, 9.17) is 4.42 Å². The van der Waals surface area contributed by atoms with Crippen molar-refractivity contribution < 1.29 is 4.42 Å². The highest BCUT2D eigenvalue weighted by Gasteiger charge is 2.18. The Hall–Kier alpha value is -8.40. The maximum absolute atomic E-state index is 6.43. The molecular weight excluding hydrogens is 765 g/mol. The smallest absolute Gasteiger partial charge is 0.143 e. The van der Waals surface area contributed by atoms with Crippen LogP contribution < -0.4 is 4.90 Å². The Balaban J connectivity index is 0.932. The van der Waals surface area contributed by atoms with Gasteiger partial charge < -0.3 is 13.9 Å². The van der Waals surface area contributed by atoms with E-state index >= 15 is 0 Å². The summed E-state index contributed by atoms with van der Waals surface area (Å²) in [5.74, 6) is 0. The Labute approximate surface area is 366 Å². The SMILES string of the molecule is c1ccc(-c2cccc(N(c3ccc(-c4cccc(-c5cccc6c5oc5ccccc56)c4)cc3)c3ccc(-c4ccccc4-n4c5ccccc5c5ccccc54)cc3)c2)cc1. The van der Waals surface area contributed by atoms with Crippen molar-refractivity contribution in [1.29, 1.82) is 0 Å². The highest BCUT2D eigenvalue weighted by molar-refractivity contribution is 6.11. The van der Waals surface area contributed by atoms with Crippen LogP contribution in [0.4, 0.5) is 17.1 Å². The molecule has 12 aromatic rings. The number of hydrogen-bond acceptors (Lipinski definition) is 2. The summed E-state index contributed by atoms with van der Waals surface area (Å²) in [6, 6.07) is 87.0. The Morgan fingerprint density at radius 2 is 0.810 bits per heavy atom. The van der Waals surface area contributed by atoms with Gasteiger partial charge in [-0.15, -0.1) is 0 Å². The van der Waals surface area contributed by atoms with Gasteiger partial charge in [0.05, 0.1) is 16.7 Å². The first-order valence-electron chi connectivity index (χ1n) is 21.5. The molecule has 2 heterocycles. The fourth-order valence-electron chi connectivity index (χ4n) is 9.43. The Bertz CT molecular complexity index is 3560. The zero-order valence-electron chi connectivity index (χ0n) is 34.4. The molecule has 0 amide bonds. The van der Waals surface area contributed by atoms with Crippen LogP contribution in [0.2, 0.25) is 0 Å². The van der Waals surface area contributed by atoms with Crippen molar-refractivity contribution in [3.05, 3.63) is 243 Å². The van der Waals surface area contributed by atoms with Gasteiger partial charge in [0, 0.05) is 49.7 Å². The molecule has 296 valence electrons. The van der Waals surface area contributed by atoms with Gasteiger partial charge >= 0.3 is 0 Å². The minimum atomic E-state index is 0.907. The van der Waals surface area contributed by atoms with Crippen LogP contribution in [-0.4, -0.2) is 4.57 Å². The van der Waals surface area contributed by atoms with Gasteiger partial charge in [0.25, 0.3) is 0 Å². The molecule has 0 atom stereocenters. The average Bonchev–Trinajstić information content (AvgIpc) is 3.91. The second kappa shape index (κ2) is 15.3. The van der Waals surface area contributed by atoms with Gasteiger partial charge in [-0.2, -0.15) is 0 Å². The lowest BCUT2D eigenvalue weighted by Crippen LogP contribution is -2.10. The van der Waals surface area contributed by atoms with Gasteiger partial charge in [0.15, 0.2) is 0 Å². The molecule has 63 heavy (non-hydrogen) atoms. The van der Waals surface area contributed by atoms with Crippen molar-refractivity contribution in [2.24, 2.45) is 0 Å². The monoisotopic (exact) mass is 804 g/mol. The summed E-state index contributed by atoms with van der Waals surface area (Å²) in [5.41, 5.74) is 17.8. The van der Waals surface area contributed by atoms with E-state index in [0.717, 1.165) is 72.5 Å². The summed E-state index contributed by atoms with van der Waals surface area (Å²) in [6.45, 7) is 0. The van der Waals surface area contributed by atoms with E-state index in [9.17, 15) is 0 Å². The number of anilines is 3. The normalized spacial score (nSPS) is 11.5. The molecule has 0 radical (unpaired) electrons. The molecule has 3 nitrogen and oxygen atoms in total. The van der Waals surface area contributed by atoms with Crippen molar-refractivity contribution >= 4 is 60.8 Å². The van der Waals surface area contributed by atoms with E-state index < -0.39 is 0 Å². The maximum atomic E-state index is 6.43. The largest absolute Gasteiger partial charge is 0.455 e. The molecule has 0 fully saturated rings. The number of fused-ring (bicyclic) bond motifs is 6. The molecule has 0 aliphatic carbocycles. The van der Waals surface area contributed by atoms with E-state index in [1.807, 2.05) is 12.1 Å². The van der Waals surface area contributed by atoms with E-state index in [1.54, 1.807) is 0 Å². The van der Waals surface area contributed by atoms with Crippen LogP contribution >= 0.6 is 0 Å². The number of nitrogens with zero attached hydrogens (tertiary/aromatic N) is 2. The van der Waals surface area contributed by atoms with Gasteiger partial charge in [-0.1, -0.05) is 176 Å². The van der Waals surface area contributed by atoms with Crippen LogP contribution in [0, 0.1) is 0 Å². The molecule has 0 spiro atoms. The first-order valence-corrected chi connectivity index (χ1v) is 21.5. The number of aromatic nitrogens is 1. The molecule has 12 rings (SSSR count). The first kappa shape index (κ1) is 36.5. The number of benzene rings is 10. The highest BCUT2D eigenvalue weighted by atomic mass is 16.3. The molecule has 0 saturated carbocycles. The predicted molar refractivity (Wildman–Crippen MR) is 264 cm³/mol. The van der Waals surface area contributed by atoms with Gasteiger partial charge in [-0.05, 0) is 100 Å². The molecule has 10 aromatic carbocycles. The zero-order chi connectivity index (χ0) is 41.7. The maximum Gasteiger partial charge on any atom is 0.143 e. The van der Waals surface area contributed by atoms with Gasteiger partial charge in [0.2, 0.25) is 0 Å². The second-order valence-corrected chi connectivity index (χ2v) is 16.1. The van der Waals surface area contributed by atoms with Crippen molar-refractivity contribution in [1.82, 2.24) is 4.57 Å². The molecule has 0 saturated heterocycles. The van der Waals surface area contributed by atoms with Crippen molar-refractivity contribution in [3.63, 3.8) is 0 Å². The summed E-state index contributed by atoms with van der Waals surface area (Å²) in [7, 11) is 0. The third kappa shape index (κ3) is 6.38. The first-order chi connectivity index (χ1) is 31.2. The molecule has 0 N–H and O–H groups in total. The molecule has 0 aliphatic heterocycles. The van der Waals surface area contributed by atoms with Crippen LogP contribution in [-0.2, 0) is 0 Å². The molecule has 3 heteroatoms. The van der Waals surface area contributed by atoms with E-state index in [2.05, 4.69) is 240 Å². The lowest BCUT2D eigenvalue weighted by Gasteiger charge is -2.26. The summed E-state index contributed by atoms with van der Waals surface area (Å²) in [5, 5.41) is 4.78. The molecule has 0 unspecified atom stereocenters. The van der Waals surface area contributed by atoms with E-state index in [0.29, 0.717) is 0 Å². The Morgan fingerprint density at radius 1 is 0.302 bits per heavy atom. The third-order valence-corrected chi connectivity index (χ3v) is 12.4. The lowest BCUT2D eigenvalue weighted by atomic mass is 9.97. The minimum absolute atomic E-state index is 0.907. The van der Waals surface area contributed by atoms with Crippen LogP contribution in [0.15, 0.2) is 247 Å². The van der Waals surface area contributed by atoms with Gasteiger partial charge in [-0.3, -0.25) is 0 Å². The number of rotatable bonds is 8. The van der Waals surface area contributed by atoms with Crippen LogP contribution in [0.3, 0.4) is 0 Å². The molecule has 0 bridgehead atoms. The second-order valence-electron chi connectivity index (χ2n) is 16.1. The molecule has 0 aliphatic rings. The highest BCUT2D eigenvalue weighted by Crippen LogP contribution is 2.42. The van der Waals surface area contributed by atoms with Crippen molar-refractivity contribution in [2.45, 2.75) is 0 Å².